The summed E-state index contributed by atoms with van der Waals surface area (Å²) in [6.07, 6.45) is 3.67. The van der Waals surface area contributed by atoms with Crippen molar-refractivity contribution in [1.82, 2.24) is 10.2 Å². The largest absolute Gasteiger partial charge is 0.491 e. The van der Waals surface area contributed by atoms with E-state index >= 15 is 0 Å². The maximum absolute atomic E-state index is 12.1. The van der Waals surface area contributed by atoms with Crippen LogP contribution in [0, 0.1) is 0 Å². The molecule has 1 heterocycles. The SMILES string of the molecule is CC(COc1ccccc1)NC(=O)CN1CCCCC1C. The van der Waals surface area contributed by atoms with Crippen LogP contribution in [0.5, 0.6) is 5.75 Å². The van der Waals surface area contributed by atoms with Crippen LogP contribution in [-0.2, 0) is 4.79 Å². The summed E-state index contributed by atoms with van der Waals surface area (Å²) in [5.41, 5.74) is 0. The van der Waals surface area contributed by atoms with Gasteiger partial charge in [-0.1, -0.05) is 24.6 Å². The zero-order valence-electron chi connectivity index (χ0n) is 13.0. The number of para-hydroxylation sites is 1. The molecule has 0 saturated carbocycles. The molecule has 4 heteroatoms. The second kappa shape index (κ2) is 8.03. The molecular formula is C17H26N2O2. The summed E-state index contributed by atoms with van der Waals surface area (Å²) < 4.78 is 5.65. The molecule has 116 valence electrons. The van der Waals surface area contributed by atoms with Gasteiger partial charge in [-0.2, -0.15) is 0 Å². The number of nitrogens with one attached hydrogen (secondary N) is 1. The van der Waals surface area contributed by atoms with Crippen molar-refractivity contribution >= 4 is 5.91 Å². The summed E-state index contributed by atoms with van der Waals surface area (Å²) in [7, 11) is 0. The van der Waals surface area contributed by atoms with Crippen molar-refractivity contribution in [3.8, 4) is 5.75 Å². The first-order valence-electron chi connectivity index (χ1n) is 7.86. The normalized spacial score (nSPS) is 20.8. The average Bonchev–Trinajstić information content (AvgIpc) is 2.48. The highest BCUT2D eigenvalue weighted by Crippen LogP contribution is 2.15. The van der Waals surface area contributed by atoms with E-state index in [1.807, 2.05) is 37.3 Å². The summed E-state index contributed by atoms with van der Waals surface area (Å²) in [4.78, 5) is 14.3. The van der Waals surface area contributed by atoms with Gasteiger partial charge in [0, 0.05) is 6.04 Å². The highest BCUT2D eigenvalue weighted by atomic mass is 16.5. The van der Waals surface area contributed by atoms with Crippen molar-refractivity contribution in [2.75, 3.05) is 19.7 Å². The van der Waals surface area contributed by atoms with Crippen LogP contribution in [0.1, 0.15) is 33.1 Å². The molecule has 2 atom stereocenters. The Morgan fingerprint density at radius 1 is 1.38 bits per heavy atom. The van der Waals surface area contributed by atoms with E-state index in [1.54, 1.807) is 0 Å². The van der Waals surface area contributed by atoms with Gasteiger partial charge in [0.15, 0.2) is 0 Å². The number of hydrogen-bond acceptors (Lipinski definition) is 3. The number of carbonyl (C=O) groups excluding carboxylic acids is 1. The molecule has 1 saturated heterocycles. The Morgan fingerprint density at radius 3 is 2.86 bits per heavy atom. The average molecular weight is 290 g/mol. The molecule has 21 heavy (non-hydrogen) atoms. The first kappa shape index (κ1) is 15.8. The summed E-state index contributed by atoms with van der Waals surface area (Å²) in [5, 5.41) is 3.01. The minimum Gasteiger partial charge on any atom is -0.491 e. The number of piperidine rings is 1. The second-order valence-corrected chi connectivity index (χ2v) is 5.91. The molecule has 0 aliphatic carbocycles. The lowest BCUT2D eigenvalue weighted by atomic mass is 10.0. The standard InChI is InChI=1S/C17H26N2O2/c1-14(13-21-16-9-4-3-5-10-16)18-17(20)12-19-11-7-6-8-15(19)2/h3-5,9-10,14-15H,6-8,11-13H2,1-2H3,(H,18,20). The van der Waals surface area contributed by atoms with Gasteiger partial charge in [0.2, 0.25) is 5.91 Å². The van der Waals surface area contributed by atoms with Crippen molar-refractivity contribution in [1.29, 1.82) is 0 Å². The zero-order chi connectivity index (χ0) is 15.1. The van der Waals surface area contributed by atoms with Crippen LogP contribution < -0.4 is 10.1 Å². The zero-order valence-corrected chi connectivity index (χ0v) is 13.0. The maximum Gasteiger partial charge on any atom is 0.234 e. The van der Waals surface area contributed by atoms with Gasteiger partial charge in [-0.3, -0.25) is 9.69 Å². The lowest BCUT2D eigenvalue weighted by Gasteiger charge is -2.32. The molecule has 1 aromatic rings. The van der Waals surface area contributed by atoms with Gasteiger partial charge >= 0.3 is 0 Å². The van der Waals surface area contributed by atoms with Gasteiger partial charge in [-0.15, -0.1) is 0 Å². The number of nitrogens with zero attached hydrogens (tertiary/aromatic N) is 1. The van der Waals surface area contributed by atoms with E-state index in [4.69, 9.17) is 4.74 Å². The van der Waals surface area contributed by atoms with Crippen molar-refractivity contribution in [2.45, 2.75) is 45.2 Å². The van der Waals surface area contributed by atoms with Crippen LogP contribution in [0.25, 0.3) is 0 Å². The molecule has 0 bridgehead atoms. The Morgan fingerprint density at radius 2 is 2.14 bits per heavy atom. The van der Waals surface area contributed by atoms with Crippen molar-refractivity contribution in [2.24, 2.45) is 0 Å². The van der Waals surface area contributed by atoms with E-state index in [9.17, 15) is 4.79 Å². The van der Waals surface area contributed by atoms with E-state index in [2.05, 4.69) is 17.1 Å². The molecular weight excluding hydrogens is 264 g/mol. The minimum absolute atomic E-state index is 0.0119. The number of rotatable bonds is 6. The Hall–Kier alpha value is -1.55. The quantitative estimate of drug-likeness (QED) is 0.875. The van der Waals surface area contributed by atoms with E-state index in [0.717, 1.165) is 12.3 Å². The fourth-order valence-corrected chi connectivity index (χ4v) is 2.68. The smallest absolute Gasteiger partial charge is 0.234 e. The fourth-order valence-electron chi connectivity index (χ4n) is 2.68. The lowest BCUT2D eigenvalue weighted by Crippen LogP contribution is -2.47. The monoisotopic (exact) mass is 290 g/mol. The summed E-state index contributed by atoms with van der Waals surface area (Å²) in [6.45, 7) is 6.19. The van der Waals surface area contributed by atoms with Crippen LogP contribution >= 0.6 is 0 Å². The molecule has 1 fully saturated rings. The first-order valence-corrected chi connectivity index (χ1v) is 7.86. The molecule has 1 aromatic carbocycles. The molecule has 0 aromatic heterocycles. The summed E-state index contributed by atoms with van der Waals surface area (Å²) in [6, 6.07) is 10.2. The van der Waals surface area contributed by atoms with Crippen LogP contribution in [0.3, 0.4) is 0 Å². The molecule has 2 rings (SSSR count). The highest BCUT2D eigenvalue weighted by molar-refractivity contribution is 5.78. The van der Waals surface area contributed by atoms with Gasteiger partial charge in [0.25, 0.3) is 0 Å². The van der Waals surface area contributed by atoms with Crippen molar-refractivity contribution in [3.63, 3.8) is 0 Å². The maximum atomic E-state index is 12.1. The van der Waals surface area contributed by atoms with Gasteiger partial charge in [-0.25, -0.2) is 0 Å². The topological polar surface area (TPSA) is 41.6 Å². The predicted octanol–water partition coefficient (Wildman–Crippen LogP) is 2.44. The molecule has 1 amide bonds. The molecule has 0 spiro atoms. The van der Waals surface area contributed by atoms with E-state index in [0.29, 0.717) is 19.2 Å². The first-order chi connectivity index (χ1) is 10.1. The Balaban J connectivity index is 1.69. The third-order valence-corrected chi connectivity index (χ3v) is 3.94. The number of hydrogen-bond donors (Lipinski definition) is 1. The van der Waals surface area contributed by atoms with Crippen LogP contribution in [-0.4, -0.2) is 42.6 Å². The van der Waals surface area contributed by atoms with Gasteiger partial charge < -0.3 is 10.1 Å². The number of likely N-dealkylation sites (tertiary alicyclic amines) is 1. The predicted molar refractivity (Wildman–Crippen MR) is 84.4 cm³/mol. The summed E-state index contributed by atoms with van der Waals surface area (Å²) >= 11 is 0. The highest BCUT2D eigenvalue weighted by Gasteiger charge is 2.21. The van der Waals surface area contributed by atoms with Crippen molar-refractivity contribution in [3.05, 3.63) is 30.3 Å². The molecule has 1 aliphatic heterocycles. The van der Waals surface area contributed by atoms with Gasteiger partial charge in [-0.05, 0) is 45.4 Å². The number of carbonyl (C=O) groups is 1. The Kier molecular flexibility index (Phi) is 6.05. The van der Waals surface area contributed by atoms with Crippen LogP contribution in [0.2, 0.25) is 0 Å². The van der Waals surface area contributed by atoms with Crippen LogP contribution in [0.15, 0.2) is 30.3 Å². The second-order valence-electron chi connectivity index (χ2n) is 5.91. The molecule has 4 nitrogen and oxygen atoms in total. The van der Waals surface area contributed by atoms with Gasteiger partial charge in [0.1, 0.15) is 12.4 Å². The lowest BCUT2D eigenvalue weighted by molar-refractivity contribution is -0.123. The van der Waals surface area contributed by atoms with Gasteiger partial charge in [0.05, 0.1) is 12.6 Å². The molecule has 1 N–H and O–H groups in total. The van der Waals surface area contributed by atoms with Crippen LogP contribution in [0.4, 0.5) is 0 Å². The van der Waals surface area contributed by atoms with E-state index in [1.165, 1.54) is 19.3 Å². The number of ether oxygens (including phenoxy) is 1. The third kappa shape index (κ3) is 5.38. The van der Waals surface area contributed by atoms with E-state index < -0.39 is 0 Å². The fraction of sp³-hybridized carbons (Fsp3) is 0.588. The summed E-state index contributed by atoms with van der Waals surface area (Å²) in [5.74, 6) is 0.927. The van der Waals surface area contributed by atoms with E-state index in [-0.39, 0.29) is 11.9 Å². The molecule has 0 radical (unpaired) electrons. The molecule has 1 aliphatic rings. The Labute approximate surface area is 127 Å². The number of benzene rings is 1. The number of amides is 1. The molecule has 2 unspecified atom stereocenters. The van der Waals surface area contributed by atoms with Crippen molar-refractivity contribution < 1.29 is 9.53 Å². The third-order valence-electron chi connectivity index (χ3n) is 3.94. The Bertz CT molecular complexity index is 436. The minimum atomic E-state index is 0.0119.